The van der Waals surface area contributed by atoms with Crippen molar-refractivity contribution in [3.8, 4) is 0 Å². The molecule has 2 fully saturated rings. The highest BCUT2D eigenvalue weighted by molar-refractivity contribution is 7.98. The summed E-state index contributed by atoms with van der Waals surface area (Å²) in [5.74, 6) is 4.45. The van der Waals surface area contributed by atoms with E-state index in [0.717, 1.165) is 12.0 Å². The summed E-state index contributed by atoms with van der Waals surface area (Å²) >= 11 is 0. The number of nitrogens with two attached hydrogens (primary N) is 1. The lowest BCUT2D eigenvalue weighted by molar-refractivity contribution is -0.124. The smallest absolute Gasteiger partial charge is 0.220 e. The van der Waals surface area contributed by atoms with Crippen molar-refractivity contribution in [3.05, 3.63) is 60.2 Å². The number of aliphatic hydroxyl groups is 1. The van der Waals surface area contributed by atoms with E-state index < -0.39 is 21.9 Å². The number of benzene rings is 2. The number of rotatable bonds is 12. The van der Waals surface area contributed by atoms with Crippen molar-refractivity contribution < 1.29 is 23.6 Å². The number of hydrogen-bond acceptors (Lipinski definition) is 6. The fourth-order valence-corrected chi connectivity index (χ4v) is 7.10. The number of nitrogens with zero attached hydrogens (tertiary/aromatic N) is 1. The van der Waals surface area contributed by atoms with Gasteiger partial charge in [0, 0.05) is 36.0 Å². The van der Waals surface area contributed by atoms with Gasteiger partial charge in [-0.1, -0.05) is 44.2 Å². The van der Waals surface area contributed by atoms with Gasteiger partial charge < -0.3 is 25.6 Å². The molecular weight excluding hydrogens is 502 g/mol. The second-order valence-corrected chi connectivity index (χ2v) is 13.1. The van der Waals surface area contributed by atoms with Crippen molar-refractivity contribution in [1.29, 1.82) is 0 Å². The normalized spacial score (nSPS) is 24.2. The first-order valence-corrected chi connectivity index (χ1v) is 15.0. The molecule has 6 atom stereocenters. The highest BCUT2D eigenvalue weighted by Crippen LogP contribution is 2.37. The van der Waals surface area contributed by atoms with Crippen molar-refractivity contribution >= 4 is 27.2 Å². The van der Waals surface area contributed by atoms with Crippen LogP contribution in [-0.2, 0) is 30.4 Å². The van der Waals surface area contributed by atoms with Gasteiger partial charge in [0.05, 0.1) is 35.1 Å². The Bertz CT molecular complexity index is 1160. The second-order valence-electron chi connectivity index (χ2n) is 10.9. The van der Waals surface area contributed by atoms with Gasteiger partial charge in [-0.15, -0.1) is 0 Å². The van der Waals surface area contributed by atoms with Gasteiger partial charge in [0.15, 0.2) is 6.29 Å². The third-order valence-corrected chi connectivity index (χ3v) is 9.49. The number of nitrogen functional groups attached to an aromatic ring is 1. The molecule has 0 radical (unpaired) electrons. The van der Waals surface area contributed by atoms with E-state index in [0.29, 0.717) is 43.2 Å². The average molecular weight is 544 g/mol. The molecule has 0 saturated carbocycles. The Morgan fingerprint density at radius 2 is 1.87 bits per heavy atom. The van der Waals surface area contributed by atoms with Gasteiger partial charge in [-0.3, -0.25) is 4.79 Å². The molecule has 0 spiro atoms. The molecule has 1 amide bonds. The summed E-state index contributed by atoms with van der Waals surface area (Å²) in [6.07, 6.45) is 0.472. The number of amides is 1. The predicted molar refractivity (Wildman–Crippen MR) is 151 cm³/mol. The van der Waals surface area contributed by atoms with Crippen molar-refractivity contribution in [2.45, 2.75) is 56.4 Å². The van der Waals surface area contributed by atoms with Gasteiger partial charge >= 0.3 is 0 Å². The SMILES string of the molecule is C=S(=O)(c1ccc(N)cc1)N(CC(C)C)CC(O)C(Cc1ccccc1)NC(=O)CC1COC2OCCC12. The van der Waals surface area contributed by atoms with Crippen molar-refractivity contribution in [2.24, 2.45) is 17.8 Å². The molecule has 2 heterocycles. The van der Waals surface area contributed by atoms with Crippen molar-refractivity contribution in [2.75, 3.05) is 32.0 Å². The lowest BCUT2D eigenvalue weighted by Crippen LogP contribution is -2.51. The molecular formula is C29H41N3O5S. The monoisotopic (exact) mass is 543 g/mol. The predicted octanol–water partition coefficient (Wildman–Crippen LogP) is 2.70. The quantitative estimate of drug-likeness (QED) is 0.280. The van der Waals surface area contributed by atoms with Crippen LogP contribution in [0.2, 0.25) is 0 Å². The number of fused-ring (bicyclic) bond motifs is 1. The number of carbonyl (C=O) groups excluding carboxylic acids is 1. The summed E-state index contributed by atoms with van der Waals surface area (Å²) < 4.78 is 27.0. The maximum atomic E-state index is 14.0. The van der Waals surface area contributed by atoms with Gasteiger partial charge in [0.25, 0.3) is 0 Å². The number of carbonyl (C=O) groups is 1. The fourth-order valence-electron chi connectivity index (χ4n) is 5.31. The third kappa shape index (κ3) is 7.15. The Kier molecular flexibility index (Phi) is 9.49. The molecule has 2 saturated heterocycles. The molecule has 0 bridgehead atoms. The van der Waals surface area contributed by atoms with Crippen molar-refractivity contribution in [3.63, 3.8) is 0 Å². The summed E-state index contributed by atoms with van der Waals surface area (Å²) in [7, 11) is -2.90. The van der Waals surface area contributed by atoms with Gasteiger partial charge in [0.1, 0.15) is 0 Å². The molecule has 8 nitrogen and oxygen atoms in total. The molecule has 2 aromatic rings. The van der Waals surface area contributed by atoms with Crippen LogP contribution in [0.25, 0.3) is 0 Å². The summed E-state index contributed by atoms with van der Waals surface area (Å²) in [5.41, 5.74) is 7.40. The number of anilines is 1. The van der Waals surface area contributed by atoms with Gasteiger partial charge in [-0.05, 0) is 60.4 Å². The van der Waals surface area contributed by atoms with E-state index in [1.54, 1.807) is 28.6 Å². The number of ether oxygens (including phenoxy) is 2. The van der Waals surface area contributed by atoms with Crippen LogP contribution in [-0.4, -0.2) is 70.1 Å². The lowest BCUT2D eigenvalue weighted by Gasteiger charge is -2.33. The van der Waals surface area contributed by atoms with Crippen LogP contribution >= 0.6 is 0 Å². The highest BCUT2D eigenvalue weighted by Gasteiger charge is 2.42. The first kappa shape index (κ1) is 28.6. The van der Waals surface area contributed by atoms with Crippen LogP contribution in [0.5, 0.6) is 0 Å². The molecule has 4 N–H and O–H groups in total. The molecule has 38 heavy (non-hydrogen) atoms. The molecule has 0 aromatic heterocycles. The number of hydrogen-bond donors (Lipinski definition) is 3. The van der Waals surface area contributed by atoms with Crippen LogP contribution in [0.1, 0.15) is 32.3 Å². The Balaban J connectivity index is 1.51. The first-order valence-electron chi connectivity index (χ1n) is 13.4. The molecule has 2 aliphatic rings. The number of aliphatic hydroxyl groups excluding tert-OH is 1. The van der Waals surface area contributed by atoms with Crippen LogP contribution < -0.4 is 11.1 Å². The molecule has 9 heteroatoms. The minimum absolute atomic E-state index is 0.0910. The summed E-state index contributed by atoms with van der Waals surface area (Å²) in [4.78, 5) is 13.7. The van der Waals surface area contributed by atoms with E-state index in [2.05, 4.69) is 11.2 Å². The minimum Gasteiger partial charge on any atom is -0.399 e. The molecule has 208 valence electrons. The number of nitrogens with one attached hydrogen (secondary N) is 1. The topological polar surface area (TPSA) is 114 Å². The van der Waals surface area contributed by atoms with Gasteiger partial charge in [-0.2, -0.15) is 0 Å². The van der Waals surface area contributed by atoms with E-state index in [1.807, 2.05) is 44.2 Å². The Morgan fingerprint density at radius 1 is 1.16 bits per heavy atom. The molecule has 2 aromatic carbocycles. The van der Waals surface area contributed by atoms with Crippen LogP contribution in [0.3, 0.4) is 0 Å². The zero-order valence-corrected chi connectivity index (χ0v) is 23.1. The second kappa shape index (κ2) is 12.6. The molecule has 6 unspecified atom stereocenters. The van der Waals surface area contributed by atoms with Crippen LogP contribution in [0.4, 0.5) is 5.69 Å². The van der Waals surface area contributed by atoms with E-state index in [1.165, 1.54) is 0 Å². The van der Waals surface area contributed by atoms with E-state index in [9.17, 15) is 14.1 Å². The fraction of sp³-hybridized carbons (Fsp3) is 0.517. The zero-order valence-electron chi connectivity index (χ0n) is 22.3. The Morgan fingerprint density at radius 3 is 2.55 bits per heavy atom. The summed E-state index contributed by atoms with van der Waals surface area (Å²) in [6.45, 7) is 5.79. The minimum atomic E-state index is -2.90. The van der Waals surface area contributed by atoms with Crippen molar-refractivity contribution in [1.82, 2.24) is 9.62 Å². The van der Waals surface area contributed by atoms with E-state index >= 15 is 0 Å². The molecule has 0 aliphatic carbocycles. The van der Waals surface area contributed by atoms with Crippen LogP contribution in [0, 0.1) is 17.8 Å². The largest absolute Gasteiger partial charge is 0.399 e. The zero-order chi connectivity index (χ0) is 27.3. The third-order valence-electron chi connectivity index (χ3n) is 7.34. The van der Waals surface area contributed by atoms with Crippen LogP contribution in [0.15, 0.2) is 59.5 Å². The van der Waals surface area contributed by atoms with E-state index in [-0.39, 0.29) is 36.5 Å². The maximum Gasteiger partial charge on any atom is 0.220 e. The lowest BCUT2D eigenvalue weighted by atomic mass is 9.90. The molecule has 4 rings (SSSR count). The standard InChI is InChI=1S/C29H41N3O5S/c1-20(2)17-32(38(3,35)24-11-9-23(30)10-12-24)18-27(33)26(15-21-7-5-4-6-8-21)31-28(34)16-22-19-37-29-25(22)13-14-36-29/h4-12,20,22,25-27,29,33H,3,13-19,30H2,1-2H3,(H,31,34). The maximum absolute atomic E-state index is 14.0. The molecule has 2 aliphatic heterocycles. The summed E-state index contributed by atoms with van der Waals surface area (Å²) in [5, 5.41) is 14.6. The van der Waals surface area contributed by atoms with E-state index in [4.69, 9.17) is 15.2 Å². The Hall–Kier alpha value is -2.43. The highest BCUT2D eigenvalue weighted by atomic mass is 32.2. The first-order chi connectivity index (χ1) is 18.1. The van der Waals surface area contributed by atoms with Gasteiger partial charge in [0.2, 0.25) is 5.91 Å². The summed E-state index contributed by atoms with van der Waals surface area (Å²) in [6, 6.07) is 16.0. The average Bonchev–Trinajstić information content (AvgIpc) is 3.49. The van der Waals surface area contributed by atoms with Gasteiger partial charge in [-0.25, -0.2) is 8.51 Å². The Labute approximate surface area is 226 Å².